The number of aliphatic imine (C=N–C) groups is 1. The van der Waals surface area contributed by atoms with Gasteiger partial charge in [0.05, 0.1) is 24.5 Å². The second-order valence-corrected chi connectivity index (χ2v) is 4.93. The van der Waals surface area contributed by atoms with Gasteiger partial charge in [-0.15, -0.1) is 0 Å². The minimum Gasteiger partial charge on any atom is -0.497 e. The first-order valence-corrected chi connectivity index (χ1v) is 6.79. The van der Waals surface area contributed by atoms with E-state index in [0.717, 1.165) is 29.0 Å². The van der Waals surface area contributed by atoms with Crippen molar-refractivity contribution in [1.82, 2.24) is 10.2 Å². The summed E-state index contributed by atoms with van der Waals surface area (Å²) in [7, 11) is 3.33. The van der Waals surface area contributed by atoms with Crippen LogP contribution in [-0.4, -0.2) is 36.7 Å². The number of nitrogens with two attached hydrogens (primary N) is 1. The second-order valence-electron chi connectivity index (χ2n) is 4.93. The van der Waals surface area contributed by atoms with Gasteiger partial charge in [0, 0.05) is 31.9 Å². The highest BCUT2D eigenvalue weighted by atomic mass is 16.5. The van der Waals surface area contributed by atoms with Gasteiger partial charge in [0.25, 0.3) is 0 Å². The summed E-state index contributed by atoms with van der Waals surface area (Å²) in [5, 5.41) is 7.30. The molecule has 3 rings (SSSR count). The third kappa shape index (κ3) is 2.50. The first kappa shape index (κ1) is 13.6. The summed E-state index contributed by atoms with van der Waals surface area (Å²) in [6.07, 6.45) is 9.09. The summed E-state index contributed by atoms with van der Waals surface area (Å²) in [5.41, 5.74) is 9.61. The number of ether oxygens (including phenoxy) is 2. The highest BCUT2D eigenvalue weighted by molar-refractivity contribution is 5.86. The van der Waals surface area contributed by atoms with Crippen molar-refractivity contribution in [2.75, 3.05) is 14.2 Å². The van der Waals surface area contributed by atoms with E-state index in [-0.39, 0.29) is 6.10 Å². The number of rotatable bonds is 3. The van der Waals surface area contributed by atoms with E-state index in [1.807, 2.05) is 18.2 Å². The Morgan fingerprint density at radius 3 is 3.00 bits per heavy atom. The third-order valence-corrected chi connectivity index (χ3v) is 3.64. The average Bonchev–Trinajstić information content (AvgIpc) is 2.86. The van der Waals surface area contributed by atoms with E-state index in [1.54, 1.807) is 20.4 Å². The molecule has 1 unspecified atom stereocenters. The summed E-state index contributed by atoms with van der Waals surface area (Å²) >= 11 is 0. The van der Waals surface area contributed by atoms with Crippen LogP contribution in [-0.2, 0) is 9.47 Å². The maximum atomic E-state index is 6.15. The minimum absolute atomic E-state index is 0.0293. The van der Waals surface area contributed by atoms with Gasteiger partial charge in [0.2, 0.25) is 0 Å². The van der Waals surface area contributed by atoms with Crippen molar-refractivity contribution >= 4 is 23.3 Å². The number of hydrogen-bond donors (Lipinski definition) is 2. The number of nitrogens with zero attached hydrogens (tertiary/aromatic N) is 2. The molecule has 1 aromatic rings. The zero-order valence-electron chi connectivity index (χ0n) is 12.1. The van der Waals surface area contributed by atoms with Crippen LogP contribution in [0.15, 0.2) is 29.0 Å². The second kappa shape index (κ2) is 5.57. The largest absolute Gasteiger partial charge is 0.497 e. The number of aromatic nitrogens is 2. The minimum atomic E-state index is -0.0293. The van der Waals surface area contributed by atoms with E-state index in [2.05, 4.69) is 15.2 Å². The predicted octanol–water partition coefficient (Wildman–Crippen LogP) is 2.15. The van der Waals surface area contributed by atoms with Crippen molar-refractivity contribution in [3.8, 4) is 0 Å². The topological polar surface area (TPSA) is 85.5 Å². The monoisotopic (exact) mass is 286 g/mol. The van der Waals surface area contributed by atoms with Gasteiger partial charge in [-0.3, -0.25) is 5.10 Å². The maximum Gasteiger partial charge on any atom is 0.183 e. The molecule has 0 radical (unpaired) electrons. The number of nitrogens with one attached hydrogen (secondary N) is 1. The van der Waals surface area contributed by atoms with Crippen molar-refractivity contribution in [2.45, 2.75) is 18.9 Å². The SMILES string of the molecule is COC1=CC(OC)CC(c2[nH]nc3c2C(N)=CCC=N3)=C1. The average molecular weight is 286 g/mol. The molecule has 110 valence electrons. The molecule has 2 aliphatic rings. The first-order chi connectivity index (χ1) is 10.2. The van der Waals surface area contributed by atoms with Crippen molar-refractivity contribution in [3.05, 3.63) is 35.2 Å². The Morgan fingerprint density at radius 1 is 1.38 bits per heavy atom. The van der Waals surface area contributed by atoms with Gasteiger partial charge in [-0.2, -0.15) is 5.10 Å². The molecule has 0 amide bonds. The van der Waals surface area contributed by atoms with Crippen LogP contribution in [0.25, 0.3) is 11.3 Å². The molecular formula is C15H18N4O2. The molecule has 0 spiro atoms. The van der Waals surface area contributed by atoms with Gasteiger partial charge in [0.15, 0.2) is 5.82 Å². The Labute approximate surface area is 123 Å². The van der Waals surface area contributed by atoms with Crippen LogP contribution < -0.4 is 5.73 Å². The van der Waals surface area contributed by atoms with Crippen LogP contribution in [0.2, 0.25) is 0 Å². The molecule has 1 atom stereocenters. The van der Waals surface area contributed by atoms with Crippen LogP contribution in [0.3, 0.4) is 0 Å². The molecule has 1 aliphatic carbocycles. The normalized spacial score (nSPS) is 21.0. The lowest BCUT2D eigenvalue weighted by molar-refractivity contribution is 0.138. The summed E-state index contributed by atoms with van der Waals surface area (Å²) in [6.45, 7) is 0. The molecule has 0 bridgehead atoms. The van der Waals surface area contributed by atoms with E-state index in [1.165, 1.54) is 0 Å². The number of H-pyrrole nitrogens is 1. The van der Waals surface area contributed by atoms with E-state index in [4.69, 9.17) is 15.2 Å². The number of fused-ring (bicyclic) bond motifs is 1. The van der Waals surface area contributed by atoms with E-state index in [9.17, 15) is 0 Å². The van der Waals surface area contributed by atoms with Crippen LogP contribution >= 0.6 is 0 Å². The Morgan fingerprint density at radius 2 is 2.24 bits per heavy atom. The van der Waals surface area contributed by atoms with E-state index in [0.29, 0.717) is 17.9 Å². The van der Waals surface area contributed by atoms with Crippen LogP contribution in [0.1, 0.15) is 24.1 Å². The van der Waals surface area contributed by atoms with Crippen molar-refractivity contribution in [1.29, 1.82) is 0 Å². The summed E-state index contributed by atoms with van der Waals surface area (Å²) in [6, 6.07) is 0. The molecular weight excluding hydrogens is 268 g/mol. The van der Waals surface area contributed by atoms with E-state index < -0.39 is 0 Å². The molecule has 1 aliphatic heterocycles. The smallest absolute Gasteiger partial charge is 0.183 e. The number of hydrogen-bond acceptors (Lipinski definition) is 5. The fourth-order valence-corrected chi connectivity index (χ4v) is 2.54. The lowest BCUT2D eigenvalue weighted by Crippen LogP contribution is -2.14. The molecule has 21 heavy (non-hydrogen) atoms. The van der Waals surface area contributed by atoms with Crippen molar-refractivity contribution < 1.29 is 9.47 Å². The molecule has 0 aromatic carbocycles. The Hall–Kier alpha value is -2.34. The van der Waals surface area contributed by atoms with Crippen LogP contribution in [0.5, 0.6) is 0 Å². The molecule has 0 saturated carbocycles. The summed E-state index contributed by atoms with van der Waals surface area (Å²) in [5.74, 6) is 1.39. The Kier molecular flexibility index (Phi) is 3.62. The lowest BCUT2D eigenvalue weighted by atomic mass is 9.95. The highest BCUT2D eigenvalue weighted by Crippen LogP contribution is 2.35. The predicted molar refractivity (Wildman–Crippen MR) is 82.0 cm³/mol. The highest BCUT2D eigenvalue weighted by Gasteiger charge is 2.23. The van der Waals surface area contributed by atoms with Gasteiger partial charge in [-0.25, -0.2) is 4.99 Å². The quantitative estimate of drug-likeness (QED) is 0.891. The zero-order valence-corrected chi connectivity index (χ0v) is 12.1. The molecule has 1 aromatic heterocycles. The van der Waals surface area contributed by atoms with Gasteiger partial charge in [-0.05, 0) is 17.7 Å². The number of methoxy groups -OCH3 is 2. The van der Waals surface area contributed by atoms with Gasteiger partial charge >= 0.3 is 0 Å². The molecule has 3 N–H and O–H groups in total. The molecule has 0 saturated heterocycles. The summed E-state index contributed by atoms with van der Waals surface area (Å²) < 4.78 is 10.8. The molecule has 2 heterocycles. The van der Waals surface area contributed by atoms with Crippen molar-refractivity contribution in [3.63, 3.8) is 0 Å². The first-order valence-electron chi connectivity index (χ1n) is 6.79. The fraction of sp³-hybridized carbons (Fsp3) is 0.333. The fourth-order valence-electron chi connectivity index (χ4n) is 2.54. The number of allylic oxidation sites excluding steroid dienone is 2. The van der Waals surface area contributed by atoms with Crippen LogP contribution in [0.4, 0.5) is 5.82 Å². The Balaban J connectivity index is 2.06. The standard InChI is InChI=1S/C15H18N4O2/c1-20-10-6-9(7-11(8-10)21-2)14-13-12(16)4-3-5-17-15(13)19-18-14/h4-6,8,11H,3,7,16H2,1-2H3,(H,18,19). The maximum absolute atomic E-state index is 6.15. The third-order valence-electron chi connectivity index (χ3n) is 3.64. The van der Waals surface area contributed by atoms with Crippen molar-refractivity contribution in [2.24, 2.45) is 10.7 Å². The van der Waals surface area contributed by atoms with E-state index >= 15 is 0 Å². The Bertz CT molecular complexity index is 667. The van der Waals surface area contributed by atoms with Crippen LogP contribution in [0, 0.1) is 0 Å². The van der Waals surface area contributed by atoms with Gasteiger partial charge in [-0.1, -0.05) is 6.08 Å². The lowest BCUT2D eigenvalue weighted by Gasteiger charge is -2.20. The zero-order chi connectivity index (χ0) is 14.8. The molecule has 0 fully saturated rings. The molecule has 6 nitrogen and oxygen atoms in total. The summed E-state index contributed by atoms with van der Waals surface area (Å²) in [4.78, 5) is 4.33. The number of aromatic amines is 1. The molecule has 6 heteroatoms. The van der Waals surface area contributed by atoms with Gasteiger partial charge < -0.3 is 15.2 Å². The van der Waals surface area contributed by atoms with Gasteiger partial charge in [0.1, 0.15) is 5.76 Å².